The van der Waals surface area contributed by atoms with Gasteiger partial charge in [0.1, 0.15) is 12.1 Å². The molecule has 1 spiro atoms. The van der Waals surface area contributed by atoms with E-state index in [1.807, 2.05) is 24.3 Å². The van der Waals surface area contributed by atoms with Gasteiger partial charge in [-0.15, -0.1) is 0 Å². The first kappa shape index (κ1) is 17.5. The van der Waals surface area contributed by atoms with E-state index in [9.17, 15) is 14.4 Å². The highest BCUT2D eigenvalue weighted by molar-refractivity contribution is 6.10. The van der Waals surface area contributed by atoms with Crippen LogP contribution in [-0.4, -0.2) is 34.8 Å². The van der Waals surface area contributed by atoms with Crippen molar-refractivity contribution in [2.45, 2.75) is 57.4 Å². The molecule has 0 aromatic heterocycles. The molecule has 1 aromatic rings. The second kappa shape index (κ2) is 6.86. The summed E-state index contributed by atoms with van der Waals surface area (Å²) in [7, 11) is 0. The molecule has 1 aromatic carbocycles. The number of nitrogens with zero attached hydrogens (tertiary/aromatic N) is 1. The number of urea groups is 1. The Bertz CT molecular complexity index is 695. The number of rotatable bonds is 5. The molecule has 25 heavy (non-hydrogen) atoms. The first-order chi connectivity index (χ1) is 12.0. The minimum atomic E-state index is -0.772. The van der Waals surface area contributed by atoms with Gasteiger partial charge in [-0.05, 0) is 36.8 Å². The molecular formula is C19H25N3O3. The standard InChI is InChI=1S/C19H25N3O3/c1-3-13(2)14-8-4-5-9-15(14)20-16(23)12-22-17(24)19(21-18(22)25)10-6-7-11-19/h4-5,8-9,13H,3,6-7,10-12H2,1-2H3,(H,20,23)(H,21,25)/t13-/m1/s1. The van der Waals surface area contributed by atoms with Gasteiger partial charge in [-0.2, -0.15) is 0 Å². The van der Waals surface area contributed by atoms with Crippen LogP contribution in [0.3, 0.4) is 0 Å². The first-order valence-electron chi connectivity index (χ1n) is 9.00. The molecule has 1 saturated heterocycles. The van der Waals surface area contributed by atoms with Crippen LogP contribution in [0.1, 0.15) is 57.4 Å². The van der Waals surface area contributed by atoms with Gasteiger partial charge in [-0.25, -0.2) is 4.79 Å². The maximum atomic E-state index is 12.6. The number of hydrogen-bond donors (Lipinski definition) is 2. The molecule has 4 amide bonds. The highest BCUT2D eigenvalue weighted by atomic mass is 16.2. The van der Waals surface area contributed by atoms with Gasteiger partial charge in [-0.3, -0.25) is 14.5 Å². The fraction of sp³-hybridized carbons (Fsp3) is 0.526. The molecule has 0 unspecified atom stereocenters. The van der Waals surface area contributed by atoms with Crippen LogP contribution >= 0.6 is 0 Å². The number of amides is 4. The Morgan fingerprint density at radius 1 is 1.28 bits per heavy atom. The quantitative estimate of drug-likeness (QED) is 0.807. The third kappa shape index (κ3) is 3.25. The minimum absolute atomic E-state index is 0.249. The predicted molar refractivity (Wildman–Crippen MR) is 95.2 cm³/mol. The summed E-state index contributed by atoms with van der Waals surface area (Å²) in [6, 6.07) is 7.19. The van der Waals surface area contributed by atoms with Gasteiger partial charge in [0.05, 0.1) is 0 Å². The summed E-state index contributed by atoms with van der Waals surface area (Å²) in [6.45, 7) is 3.95. The molecule has 0 bridgehead atoms. The average Bonchev–Trinajstić information content (AvgIpc) is 3.16. The lowest BCUT2D eigenvalue weighted by Crippen LogP contribution is -2.44. The van der Waals surface area contributed by atoms with Crippen molar-refractivity contribution in [1.29, 1.82) is 0 Å². The number of carbonyl (C=O) groups excluding carboxylic acids is 3. The van der Waals surface area contributed by atoms with Crippen LogP contribution in [0.2, 0.25) is 0 Å². The van der Waals surface area contributed by atoms with Crippen LogP contribution in [0.25, 0.3) is 0 Å². The lowest BCUT2D eigenvalue weighted by molar-refractivity contribution is -0.133. The van der Waals surface area contributed by atoms with Crippen molar-refractivity contribution >= 4 is 23.5 Å². The van der Waals surface area contributed by atoms with Gasteiger partial charge in [0, 0.05) is 5.69 Å². The molecule has 2 N–H and O–H groups in total. The molecule has 1 atom stereocenters. The summed E-state index contributed by atoms with van der Waals surface area (Å²) in [5, 5.41) is 5.65. The Morgan fingerprint density at radius 3 is 2.64 bits per heavy atom. The molecule has 2 aliphatic rings. The number of anilines is 1. The predicted octanol–water partition coefficient (Wildman–Crippen LogP) is 3.00. The zero-order valence-corrected chi connectivity index (χ0v) is 14.8. The van der Waals surface area contributed by atoms with E-state index < -0.39 is 11.6 Å². The summed E-state index contributed by atoms with van der Waals surface area (Å²) < 4.78 is 0. The SMILES string of the molecule is CC[C@@H](C)c1ccccc1NC(=O)CN1C(=O)NC2(CCCC2)C1=O. The van der Waals surface area contributed by atoms with Crippen molar-refractivity contribution < 1.29 is 14.4 Å². The number of imide groups is 1. The van der Waals surface area contributed by atoms with Crippen LogP contribution in [0.15, 0.2) is 24.3 Å². The Balaban J connectivity index is 1.69. The third-order valence-electron chi connectivity index (χ3n) is 5.38. The van der Waals surface area contributed by atoms with Gasteiger partial charge in [0.25, 0.3) is 5.91 Å². The second-order valence-corrected chi connectivity index (χ2v) is 7.06. The Labute approximate surface area is 148 Å². The van der Waals surface area contributed by atoms with Gasteiger partial charge < -0.3 is 10.6 Å². The highest BCUT2D eigenvalue weighted by Crippen LogP contribution is 2.35. The average molecular weight is 343 g/mol. The van der Waals surface area contributed by atoms with Crippen LogP contribution in [0.5, 0.6) is 0 Å². The molecule has 1 saturated carbocycles. The molecule has 6 heteroatoms. The number of nitrogens with one attached hydrogen (secondary N) is 2. The Hall–Kier alpha value is -2.37. The number of benzene rings is 1. The highest BCUT2D eigenvalue weighted by Gasteiger charge is 2.52. The molecule has 1 aliphatic carbocycles. The molecular weight excluding hydrogens is 318 g/mol. The van der Waals surface area contributed by atoms with E-state index in [0.29, 0.717) is 18.8 Å². The third-order valence-corrected chi connectivity index (χ3v) is 5.38. The largest absolute Gasteiger partial charge is 0.325 e. The van der Waals surface area contributed by atoms with E-state index in [0.717, 1.165) is 35.4 Å². The smallest absolute Gasteiger partial charge is 0.324 e. The van der Waals surface area contributed by atoms with Gasteiger partial charge in [0.2, 0.25) is 5.91 Å². The summed E-state index contributed by atoms with van der Waals surface area (Å²) in [5.74, 6) is -0.301. The zero-order chi connectivity index (χ0) is 18.0. The summed E-state index contributed by atoms with van der Waals surface area (Å²) in [4.78, 5) is 38.3. The van der Waals surface area contributed by atoms with E-state index in [4.69, 9.17) is 0 Å². The maximum Gasteiger partial charge on any atom is 0.325 e. The molecule has 0 radical (unpaired) electrons. The lowest BCUT2D eigenvalue weighted by atomic mass is 9.97. The van der Waals surface area contributed by atoms with Crippen LogP contribution in [0.4, 0.5) is 10.5 Å². The number of hydrogen-bond acceptors (Lipinski definition) is 3. The summed E-state index contributed by atoms with van der Waals surface area (Å²) in [5.41, 5.74) is 1.03. The number of carbonyl (C=O) groups is 3. The molecule has 2 fully saturated rings. The topological polar surface area (TPSA) is 78.5 Å². The van der Waals surface area contributed by atoms with Crippen molar-refractivity contribution in [3.63, 3.8) is 0 Å². The van der Waals surface area contributed by atoms with Gasteiger partial charge in [0.15, 0.2) is 0 Å². The van der Waals surface area contributed by atoms with Crippen LogP contribution in [0, 0.1) is 0 Å². The maximum absolute atomic E-state index is 12.6. The van der Waals surface area contributed by atoms with Crippen molar-refractivity contribution in [2.24, 2.45) is 0 Å². The summed E-state index contributed by atoms with van der Waals surface area (Å²) in [6.07, 6.45) is 4.13. The molecule has 3 rings (SSSR count). The fourth-order valence-corrected chi connectivity index (χ4v) is 3.73. The Morgan fingerprint density at radius 2 is 1.96 bits per heavy atom. The number of para-hydroxylation sites is 1. The Kier molecular flexibility index (Phi) is 4.79. The normalized spacial score (nSPS) is 20.0. The van der Waals surface area contributed by atoms with E-state index in [2.05, 4.69) is 24.5 Å². The summed E-state index contributed by atoms with van der Waals surface area (Å²) >= 11 is 0. The van der Waals surface area contributed by atoms with E-state index in [1.165, 1.54) is 0 Å². The molecule has 1 aliphatic heterocycles. The molecule has 1 heterocycles. The zero-order valence-electron chi connectivity index (χ0n) is 14.8. The minimum Gasteiger partial charge on any atom is -0.324 e. The van der Waals surface area contributed by atoms with E-state index in [1.54, 1.807) is 0 Å². The van der Waals surface area contributed by atoms with E-state index >= 15 is 0 Å². The lowest BCUT2D eigenvalue weighted by Gasteiger charge is -2.20. The molecule has 134 valence electrons. The fourth-order valence-electron chi connectivity index (χ4n) is 3.73. The van der Waals surface area contributed by atoms with Crippen LogP contribution < -0.4 is 10.6 Å². The monoisotopic (exact) mass is 343 g/mol. The van der Waals surface area contributed by atoms with Gasteiger partial charge >= 0.3 is 6.03 Å². The van der Waals surface area contributed by atoms with Crippen molar-refractivity contribution in [2.75, 3.05) is 11.9 Å². The van der Waals surface area contributed by atoms with Crippen LogP contribution in [-0.2, 0) is 9.59 Å². The second-order valence-electron chi connectivity index (χ2n) is 7.06. The van der Waals surface area contributed by atoms with Crippen molar-refractivity contribution in [3.8, 4) is 0 Å². The van der Waals surface area contributed by atoms with E-state index in [-0.39, 0.29) is 18.4 Å². The van der Waals surface area contributed by atoms with Crippen molar-refractivity contribution in [1.82, 2.24) is 10.2 Å². The van der Waals surface area contributed by atoms with Gasteiger partial charge in [-0.1, -0.05) is 44.9 Å². The molecule has 6 nitrogen and oxygen atoms in total. The first-order valence-corrected chi connectivity index (χ1v) is 9.00. The van der Waals surface area contributed by atoms with Crippen molar-refractivity contribution in [3.05, 3.63) is 29.8 Å².